The smallest absolute Gasteiger partial charge is 0.266 e. The first-order chi connectivity index (χ1) is 6.90. The van der Waals surface area contributed by atoms with Crippen molar-refractivity contribution in [3.63, 3.8) is 0 Å². The lowest BCUT2D eigenvalue weighted by Crippen LogP contribution is -1.98. The number of hydrogen-bond acceptors (Lipinski definition) is 2. The van der Waals surface area contributed by atoms with E-state index in [4.69, 9.17) is 9.47 Å². The van der Waals surface area contributed by atoms with Crippen molar-refractivity contribution in [3.05, 3.63) is 47.9 Å². The summed E-state index contributed by atoms with van der Waals surface area (Å²) >= 11 is 3.42. The topological polar surface area (TPSA) is 18.5 Å². The van der Waals surface area contributed by atoms with E-state index in [0.717, 1.165) is 17.3 Å². The molecule has 1 aromatic carbocycles. The first-order valence-electron chi connectivity index (χ1n) is 4.51. The molecule has 0 saturated carbocycles. The highest BCUT2D eigenvalue weighted by molar-refractivity contribution is 9.09. The molecule has 0 bridgehead atoms. The van der Waals surface area contributed by atoms with Gasteiger partial charge in [0.1, 0.15) is 12.5 Å². The number of aryl methyl sites for hydroxylation is 1. The maximum atomic E-state index is 5.26. The van der Waals surface area contributed by atoms with Crippen LogP contribution < -0.4 is 0 Å². The first-order valence-corrected chi connectivity index (χ1v) is 5.63. The molecule has 1 heterocycles. The first kappa shape index (κ1) is 9.59. The summed E-state index contributed by atoms with van der Waals surface area (Å²) in [4.78, 5) is 0. The molecule has 0 unspecified atom stereocenters. The van der Waals surface area contributed by atoms with Gasteiger partial charge in [0.25, 0.3) is 6.29 Å². The van der Waals surface area contributed by atoms with Gasteiger partial charge >= 0.3 is 0 Å². The molecule has 1 aliphatic heterocycles. The molecular weight excluding hydrogens is 244 g/mol. The zero-order chi connectivity index (χ0) is 9.80. The minimum atomic E-state index is -0.259. The maximum absolute atomic E-state index is 5.26. The molecule has 1 aromatic rings. The van der Waals surface area contributed by atoms with Gasteiger partial charge < -0.3 is 9.47 Å². The minimum Gasteiger partial charge on any atom is -0.455 e. The lowest BCUT2D eigenvalue weighted by atomic mass is 10.1. The molecule has 0 atom stereocenters. The Hall–Kier alpha value is -0.960. The largest absolute Gasteiger partial charge is 0.455 e. The third kappa shape index (κ3) is 2.10. The summed E-state index contributed by atoms with van der Waals surface area (Å²) in [6.07, 6.45) is 3.91. The number of rotatable bonds is 3. The summed E-state index contributed by atoms with van der Waals surface area (Å²) in [6.45, 7) is 0. The van der Waals surface area contributed by atoms with Gasteiger partial charge in [-0.05, 0) is 18.1 Å². The fraction of sp³-hybridized carbons (Fsp3) is 0.273. The Morgan fingerprint density at radius 1 is 1.21 bits per heavy atom. The van der Waals surface area contributed by atoms with Crippen LogP contribution in [0.5, 0.6) is 0 Å². The highest BCUT2D eigenvalue weighted by Crippen LogP contribution is 2.24. The summed E-state index contributed by atoms with van der Waals surface area (Å²) < 4.78 is 10.5. The van der Waals surface area contributed by atoms with Gasteiger partial charge in [-0.3, -0.25) is 0 Å². The van der Waals surface area contributed by atoms with E-state index in [1.165, 1.54) is 5.56 Å². The standard InChI is InChI=1S/C11H11BrO2/c12-5-4-9-2-1-3-10(8-9)11-13-6-7-14-11/h1-3,6-8,11H,4-5H2. The molecule has 2 rings (SSSR count). The predicted molar refractivity (Wildman–Crippen MR) is 58.0 cm³/mol. The van der Waals surface area contributed by atoms with Crippen molar-refractivity contribution >= 4 is 15.9 Å². The molecule has 0 aliphatic carbocycles. The van der Waals surface area contributed by atoms with Gasteiger partial charge in [0.2, 0.25) is 0 Å². The van der Waals surface area contributed by atoms with Crippen LogP contribution in [0.2, 0.25) is 0 Å². The van der Waals surface area contributed by atoms with Crippen molar-refractivity contribution < 1.29 is 9.47 Å². The molecule has 0 aromatic heterocycles. The van der Waals surface area contributed by atoms with Gasteiger partial charge in [-0.2, -0.15) is 0 Å². The molecule has 0 saturated heterocycles. The zero-order valence-corrected chi connectivity index (χ0v) is 9.24. The lowest BCUT2D eigenvalue weighted by molar-refractivity contribution is -0.0246. The Bertz CT molecular complexity index is 328. The monoisotopic (exact) mass is 254 g/mol. The highest BCUT2D eigenvalue weighted by Gasteiger charge is 2.14. The number of ether oxygens (including phenoxy) is 2. The number of hydrogen-bond donors (Lipinski definition) is 0. The van der Waals surface area contributed by atoms with E-state index < -0.39 is 0 Å². The second-order valence-electron chi connectivity index (χ2n) is 3.06. The number of benzene rings is 1. The van der Waals surface area contributed by atoms with Gasteiger partial charge in [0.05, 0.1) is 0 Å². The zero-order valence-electron chi connectivity index (χ0n) is 7.65. The third-order valence-electron chi connectivity index (χ3n) is 2.07. The van der Waals surface area contributed by atoms with Crippen molar-refractivity contribution in [2.24, 2.45) is 0 Å². The van der Waals surface area contributed by atoms with Crippen LogP contribution in [0.1, 0.15) is 17.4 Å². The Kier molecular flexibility index (Phi) is 3.09. The third-order valence-corrected chi connectivity index (χ3v) is 2.46. The fourth-order valence-corrected chi connectivity index (χ4v) is 1.86. The van der Waals surface area contributed by atoms with Crippen LogP contribution in [0.4, 0.5) is 0 Å². The average molecular weight is 255 g/mol. The van der Waals surface area contributed by atoms with Gasteiger partial charge in [-0.15, -0.1) is 0 Å². The molecule has 0 radical (unpaired) electrons. The van der Waals surface area contributed by atoms with Gasteiger partial charge in [0.15, 0.2) is 0 Å². The van der Waals surface area contributed by atoms with Crippen LogP contribution in [-0.4, -0.2) is 5.33 Å². The lowest BCUT2D eigenvalue weighted by Gasteiger charge is -2.11. The van der Waals surface area contributed by atoms with Crippen LogP contribution >= 0.6 is 15.9 Å². The molecule has 0 fully saturated rings. The fourth-order valence-electron chi connectivity index (χ4n) is 1.40. The van der Waals surface area contributed by atoms with Crippen molar-refractivity contribution in [2.45, 2.75) is 12.7 Å². The molecule has 0 amide bonds. The molecule has 0 N–H and O–H groups in total. The maximum Gasteiger partial charge on any atom is 0.266 e. The Morgan fingerprint density at radius 3 is 2.71 bits per heavy atom. The summed E-state index contributed by atoms with van der Waals surface area (Å²) in [6, 6.07) is 8.25. The van der Waals surface area contributed by atoms with E-state index in [0.29, 0.717) is 0 Å². The normalized spacial score (nSPS) is 15.2. The SMILES string of the molecule is BrCCc1cccc(C2OC=CO2)c1. The Labute approximate surface area is 91.7 Å². The highest BCUT2D eigenvalue weighted by atomic mass is 79.9. The number of alkyl halides is 1. The second kappa shape index (κ2) is 4.51. The van der Waals surface area contributed by atoms with Gasteiger partial charge in [-0.1, -0.05) is 34.1 Å². The van der Waals surface area contributed by atoms with E-state index in [1.54, 1.807) is 12.5 Å². The molecule has 0 spiro atoms. The van der Waals surface area contributed by atoms with E-state index in [-0.39, 0.29) is 6.29 Å². The van der Waals surface area contributed by atoms with E-state index in [1.807, 2.05) is 12.1 Å². The van der Waals surface area contributed by atoms with E-state index in [9.17, 15) is 0 Å². The van der Waals surface area contributed by atoms with Crippen molar-refractivity contribution in [1.82, 2.24) is 0 Å². The Morgan fingerprint density at radius 2 is 2.00 bits per heavy atom. The van der Waals surface area contributed by atoms with Crippen molar-refractivity contribution in [3.8, 4) is 0 Å². The molecule has 2 nitrogen and oxygen atoms in total. The molecular formula is C11H11BrO2. The molecule has 14 heavy (non-hydrogen) atoms. The second-order valence-corrected chi connectivity index (χ2v) is 3.85. The van der Waals surface area contributed by atoms with Crippen LogP contribution in [-0.2, 0) is 15.9 Å². The van der Waals surface area contributed by atoms with Crippen LogP contribution in [0.15, 0.2) is 36.8 Å². The van der Waals surface area contributed by atoms with Crippen LogP contribution in [0, 0.1) is 0 Å². The van der Waals surface area contributed by atoms with Gasteiger partial charge in [0, 0.05) is 10.9 Å². The molecule has 3 heteroatoms. The number of halogens is 1. The van der Waals surface area contributed by atoms with Crippen molar-refractivity contribution in [1.29, 1.82) is 0 Å². The van der Waals surface area contributed by atoms with E-state index >= 15 is 0 Å². The average Bonchev–Trinajstić information content (AvgIpc) is 2.71. The quantitative estimate of drug-likeness (QED) is 0.772. The van der Waals surface area contributed by atoms with Crippen LogP contribution in [0.3, 0.4) is 0 Å². The minimum absolute atomic E-state index is 0.259. The predicted octanol–water partition coefficient (Wildman–Crippen LogP) is 3.14. The summed E-state index contributed by atoms with van der Waals surface area (Å²) in [5.74, 6) is 0. The van der Waals surface area contributed by atoms with Gasteiger partial charge in [-0.25, -0.2) is 0 Å². The van der Waals surface area contributed by atoms with Crippen LogP contribution in [0.25, 0.3) is 0 Å². The van der Waals surface area contributed by atoms with E-state index in [2.05, 4.69) is 28.1 Å². The Balaban J connectivity index is 2.13. The molecule has 1 aliphatic rings. The summed E-state index contributed by atoms with van der Waals surface area (Å²) in [5, 5.41) is 0.973. The summed E-state index contributed by atoms with van der Waals surface area (Å²) in [5.41, 5.74) is 2.35. The van der Waals surface area contributed by atoms with Crippen molar-refractivity contribution in [2.75, 3.05) is 5.33 Å². The molecule has 74 valence electrons. The summed E-state index contributed by atoms with van der Waals surface area (Å²) in [7, 11) is 0.